The normalized spacial score (nSPS) is 23.5. The fraction of sp³-hybridized carbons (Fsp3) is 0.318. The first kappa shape index (κ1) is 21.7. The third-order valence-electron chi connectivity index (χ3n) is 5.25. The molecule has 0 amide bonds. The first-order valence-electron chi connectivity index (χ1n) is 9.51. The minimum Gasteiger partial charge on any atom is -0.497 e. The Hall–Kier alpha value is -2.97. The number of ether oxygens (including phenoxy) is 2. The van der Waals surface area contributed by atoms with E-state index >= 15 is 0 Å². The summed E-state index contributed by atoms with van der Waals surface area (Å²) in [6.45, 7) is 1.68. The van der Waals surface area contributed by atoms with Gasteiger partial charge >= 0.3 is 5.97 Å². The predicted molar refractivity (Wildman–Crippen MR) is 115 cm³/mol. The van der Waals surface area contributed by atoms with Gasteiger partial charge in [0.15, 0.2) is 10.9 Å². The second-order valence-electron chi connectivity index (χ2n) is 6.91. The van der Waals surface area contributed by atoms with Crippen LogP contribution in [0.2, 0.25) is 0 Å². The Labute approximate surface area is 180 Å². The molecule has 1 saturated heterocycles. The Bertz CT molecular complexity index is 934. The quantitative estimate of drug-likeness (QED) is 0.412. The first-order chi connectivity index (χ1) is 14.3. The zero-order valence-electron chi connectivity index (χ0n) is 17.0. The Morgan fingerprint density at radius 1 is 1.17 bits per heavy atom. The molecule has 0 spiro atoms. The zero-order valence-corrected chi connectivity index (χ0v) is 17.8. The summed E-state index contributed by atoms with van der Waals surface area (Å²) in [6, 6.07) is 14.8. The van der Waals surface area contributed by atoms with Gasteiger partial charge in [0.1, 0.15) is 11.7 Å². The van der Waals surface area contributed by atoms with E-state index in [1.54, 1.807) is 68.6 Å². The maximum atomic E-state index is 13.6. The van der Waals surface area contributed by atoms with E-state index in [9.17, 15) is 14.7 Å². The lowest BCUT2D eigenvalue weighted by molar-refractivity contribution is -0.191. The molecule has 1 heterocycles. The molecule has 2 aromatic rings. The number of likely N-dealkylation sites (N-methyl/N-ethyl adjacent to an activating group) is 1. The van der Waals surface area contributed by atoms with Crippen LogP contribution >= 0.6 is 12.2 Å². The van der Waals surface area contributed by atoms with Gasteiger partial charge in [0, 0.05) is 12.6 Å². The molecule has 1 fully saturated rings. The summed E-state index contributed by atoms with van der Waals surface area (Å²) in [5.74, 6) is -1.91. The molecule has 7 nitrogen and oxygen atoms in total. The number of methoxy groups -OCH3 is 1. The Morgan fingerprint density at radius 3 is 2.37 bits per heavy atom. The van der Waals surface area contributed by atoms with Gasteiger partial charge in [0.05, 0.1) is 19.8 Å². The molecule has 0 saturated carbocycles. The fourth-order valence-corrected chi connectivity index (χ4v) is 3.88. The molecule has 0 unspecified atom stereocenters. The van der Waals surface area contributed by atoms with E-state index in [0.29, 0.717) is 16.9 Å². The largest absolute Gasteiger partial charge is 0.497 e. The van der Waals surface area contributed by atoms with Crippen molar-refractivity contribution >= 4 is 29.1 Å². The number of ketones is 1. The van der Waals surface area contributed by atoms with Crippen molar-refractivity contribution in [3.8, 4) is 5.75 Å². The summed E-state index contributed by atoms with van der Waals surface area (Å²) < 4.78 is 10.4. The van der Waals surface area contributed by atoms with Gasteiger partial charge in [-0.3, -0.25) is 4.79 Å². The summed E-state index contributed by atoms with van der Waals surface area (Å²) >= 11 is 5.37. The lowest BCUT2D eigenvalue weighted by Crippen LogP contribution is -2.70. The molecule has 158 valence electrons. The van der Waals surface area contributed by atoms with Gasteiger partial charge in [-0.05, 0) is 36.8 Å². The highest BCUT2D eigenvalue weighted by Crippen LogP contribution is 2.40. The molecule has 2 aromatic carbocycles. The van der Waals surface area contributed by atoms with Crippen LogP contribution in [0.1, 0.15) is 28.9 Å². The SMILES string of the molecule is CCOC(=O)[C@]1(O)[C@H](C(=O)c2ccccc2)[C@H](c2ccc(OC)cc2)NC(=S)N1C. The number of benzene rings is 2. The van der Waals surface area contributed by atoms with Gasteiger partial charge in [-0.25, -0.2) is 4.79 Å². The molecular formula is C22H24N2O5S. The monoisotopic (exact) mass is 428 g/mol. The maximum absolute atomic E-state index is 13.6. The smallest absolute Gasteiger partial charge is 0.360 e. The Balaban J connectivity index is 2.16. The average molecular weight is 429 g/mol. The predicted octanol–water partition coefficient (Wildman–Crippen LogP) is 2.31. The molecule has 2 N–H and O–H groups in total. The third-order valence-corrected chi connectivity index (χ3v) is 5.65. The van der Waals surface area contributed by atoms with E-state index < -0.39 is 29.4 Å². The zero-order chi connectivity index (χ0) is 21.9. The number of nitrogens with zero attached hydrogens (tertiary/aromatic N) is 1. The van der Waals surface area contributed by atoms with Crippen molar-refractivity contribution in [3.63, 3.8) is 0 Å². The molecule has 0 aromatic heterocycles. The van der Waals surface area contributed by atoms with E-state index in [2.05, 4.69) is 5.32 Å². The summed E-state index contributed by atoms with van der Waals surface area (Å²) in [5, 5.41) is 14.8. The molecule has 8 heteroatoms. The first-order valence-corrected chi connectivity index (χ1v) is 9.92. The van der Waals surface area contributed by atoms with E-state index in [4.69, 9.17) is 21.7 Å². The summed E-state index contributed by atoms with van der Waals surface area (Å²) in [6.07, 6.45) is 0. The van der Waals surface area contributed by atoms with Crippen molar-refractivity contribution in [2.24, 2.45) is 5.92 Å². The fourth-order valence-electron chi connectivity index (χ4n) is 3.61. The summed E-state index contributed by atoms with van der Waals surface area (Å²) in [7, 11) is 3.01. The average Bonchev–Trinajstić information content (AvgIpc) is 2.77. The standard InChI is InChI=1S/C22H24N2O5S/c1-4-29-20(26)22(27)17(19(25)15-8-6-5-7-9-15)18(23-21(30)24(22)2)14-10-12-16(28-3)13-11-14/h5-13,17-18,27H,4H2,1-3H3,(H,23,30)/t17-,18-,22+/m0/s1. The second kappa shape index (κ2) is 8.81. The lowest BCUT2D eigenvalue weighted by atomic mass is 9.77. The van der Waals surface area contributed by atoms with Crippen LogP contribution in [0.3, 0.4) is 0 Å². The molecule has 0 radical (unpaired) electrons. The van der Waals surface area contributed by atoms with Gasteiger partial charge in [-0.2, -0.15) is 0 Å². The summed E-state index contributed by atoms with van der Waals surface area (Å²) in [4.78, 5) is 27.7. The number of nitrogens with one attached hydrogen (secondary N) is 1. The topological polar surface area (TPSA) is 88.1 Å². The highest BCUT2D eigenvalue weighted by Gasteiger charge is 2.59. The van der Waals surface area contributed by atoms with E-state index in [1.807, 2.05) is 0 Å². The van der Waals surface area contributed by atoms with E-state index in [1.165, 1.54) is 11.9 Å². The molecule has 3 rings (SSSR count). The third kappa shape index (κ3) is 3.76. The molecule has 30 heavy (non-hydrogen) atoms. The Morgan fingerprint density at radius 2 is 1.80 bits per heavy atom. The minimum atomic E-state index is -2.28. The van der Waals surface area contributed by atoms with Crippen molar-refractivity contribution < 1.29 is 24.2 Å². The van der Waals surface area contributed by atoms with Crippen LogP contribution in [0.4, 0.5) is 0 Å². The van der Waals surface area contributed by atoms with Crippen LogP contribution in [0, 0.1) is 5.92 Å². The number of hydrogen-bond acceptors (Lipinski definition) is 6. The van der Waals surface area contributed by atoms with Gasteiger partial charge in [0.25, 0.3) is 5.72 Å². The van der Waals surface area contributed by atoms with Gasteiger partial charge in [-0.15, -0.1) is 0 Å². The van der Waals surface area contributed by atoms with E-state index in [-0.39, 0.29) is 11.7 Å². The molecular weight excluding hydrogens is 404 g/mol. The van der Waals surface area contributed by atoms with E-state index in [0.717, 1.165) is 0 Å². The molecule has 1 aliphatic heterocycles. The van der Waals surface area contributed by atoms with Crippen LogP contribution in [-0.2, 0) is 9.53 Å². The highest BCUT2D eigenvalue weighted by atomic mass is 32.1. The number of aliphatic hydroxyl groups is 1. The highest BCUT2D eigenvalue weighted by molar-refractivity contribution is 7.80. The minimum absolute atomic E-state index is 0.0502. The van der Waals surface area contributed by atoms with Crippen molar-refractivity contribution in [1.82, 2.24) is 10.2 Å². The van der Waals surface area contributed by atoms with Crippen LogP contribution in [-0.4, -0.2) is 53.4 Å². The van der Waals surface area contributed by atoms with Crippen LogP contribution < -0.4 is 10.1 Å². The lowest BCUT2D eigenvalue weighted by Gasteiger charge is -2.49. The number of esters is 1. The second-order valence-corrected chi connectivity index (χ2v) is 7.30. The maximum Gasteiger partial charge on any atom is 0.360 e. The van der Waals surface area contributed by atoms with Gasteiger partial charge in [0.2, 0.25) is 0 Å². The molecule has 0 aliphatic carbocycles. The van der Waals surface area contributed by atoms with Crippen LogP contribution in [0.5, 0.6) is 5.75 Å². The van der Waals surface area contributed by atoms with Gasteiger partial charge in [-0.1, -0.05) is 42.5 Å². The number of carbonyl (C=O) groups is 2. The summed E-state index contributed by atoms with van der Waals surface area (Å²) in [5.41, 5.74) is -1.24. The van der Waals surface area contributed by atoms with Crippen LogP contribution in [0.25, 0.3) is 0 Å². The Kier molecular flexibility index (Phi) is 6.38. The van der Waals surface area contributed by atoms with Crippen molar-refractivity contribution in [2.45, 2.75) is 18.7 Å². The number of carbonyl (C=O) groups excluding carboxylic acids is 2. The molecule has 0 bridgehead atoms. The number of hydrogen-bond donors (Lipinski definition) is 2. The van der Waals surface area contributed by atoms with Crippen molar-refractivity contribution in [2.75, 3.05) is 20.8 Å². The van der Waals surface area contributed by atoms with Crippen molar-refractivity contribution in [3.05, 3.63) is 65.7 Å². The number of Topliss-reactive ketones (excluding diaryl/α,β-unsaturated/α-hetero) is 1. The number of thiocarbonyl (C=S) groups is 1. The van der Waals surface area contributed by atoms with Crippen LogP contribution in [0.15, 0.2) is 54.6 Å². The molecule has 3 atom stereocenters. The number of rotatable bonds is 6. The van der Waals surface area contributed by atoms with Crippen molar-refractivity contribution in [1.29, 1.82) is 0 Å². The molecule has 1 aliphatic rings. The van der Waals surface area contributed by atoms with Gasteiger partial charge < -0.3 is 24.8 Å².